The van der Waals surface area contributed by atoms with Gasteiger partial charge in [-0.1, -0.05) is 67.8 Å². The molecule has 184 valence electrons. The maximum atomic E-state index is 13.5. The average molecular weight is 486 g/mol. The van der Waals surface area contributed by atoms with Crippen LogP contribution in [0.1, 0.15) is 50.2 Å². The summed E-state index contributed by atoms with van der Waals surface area (Å²) in [6.45, 7) is 3.63. The van der Waals surface area contributed by atoms with E-state index in [0.717, 1.165) is 41.1 Å². The number of hydrogen-bond acceptors (Lipinski definition) is 4. The van der Waals surface area contributed by atoms with Crippen LogP contribution in [0.3, 0.4) is 0 Å². The Balaban J connectivity index is 1.81. The van der Waals surface area contributed by atoms with Crippen molar-refractivity contribution in [3.05, 3.63) is 65.7 Å². The number of nitrogens with zero attached hydrogens (tertiary/aromatic N) is 2. The van der Waals surface area contributed by atoms with Crippen molar-refractivity contribution in [2.75, 3.05) is 13.6 Å². The van der Waals surface area contributed by atoms with Crippen LogP contribution in [0.2, 0.25) is 0 Å². The average Bonchev–Trinajstić information content (AvgIpc) is 3.32. The molecule has 8 heteroatoms. The normalized spacial score (nSPS) is 15.3. The van der Waals surface area contributed by atoms with Gasteiger partial charge in [0.15, 0.2) is 0 Å². The van der Waals surface area contributed by atoms with Gasteiger partial charge in [-0.05, 0) is 43.9 Å². The van der Waals surface area contributed by atoms with Gasteiger partial charge in [-0.3, -0.25) is 9.59 Å². The number of carbonyl (C=O) groups is 2. The molecule has 0 spiro atoms. The summed E-state index contributed by atoms with van der Waals surface area (Å²) >= 11 is 0. The molecule has 0 aliphatic heterocycles. The molecule has 0 radical (unpaired) electrons. The Morgan fingerprint density at radius 2 is 1.65 bits per heavy atom. The largest absolute Gasteiger partial charge is 0.352 e. The van der Waals surface area contributed by atoms with E-state index < -0.39 is 22.0 Å². The third-order valence-electron chi connectivity index (χ3n) is 6.37. The van der Waals surface area contributed by atoms with E-state index in [9.17, 15) is 18.0 Å². The lowest BCUT2D eigenvalue weighted by Crippen LogP contribution is -2.53. The van der Waals surface area contributed by atoms with Crippen LogP contribution < -0.4 is 5.32 Å². The molecule has 1 atom stereocenters. The summed E-state index contributed by atoms with van der Waals surface area (Å²) in [7, 11) is -2.45. The van der Waals surface area contributed by atoms with Gasteiger partial charge in [-0.25, -0.2) is 8.42 Å². The summed E-state index contributed by atoms with van der Waals surface area (Å²) in [5.74, 6) is -0.585. The Labute approximate surface area is 203 Å². The highest BCUT2D eigenvalue weighted by Crippen LogP contribution is 2.20. The zero-order chi connectivity index (χ0) is 24.7. The molecule has 0 heterocycles. The van der Waals surface area contributed by atoms with Gasteiger partial charge >= 0.3 is 0 Å². The third-order valence-corrected chi connectivity index (χ3v) is 8.19. The van der Waals surface area contributed by atoms with Crippen molar-refractivity contribution in [1.82, 2.24) is 14.5 Å². The van der Waals surface area contributed by atoms with Crippen LogP contribution in [0.4, 0.5) is 0 Å². The first-order chi connectivity index (χ1) is 16.2. The van der Waals surface area contributed by atoms with E-state index in [0.29, 0.717) is 6.42 Å². The molecule has 0 aromatic heterocycles. The number of aryl methyl sites for hydroxylation is 1. The van der Waals surface area contributed by atoms with Gasteiger partial charge in [0.2, 0.25) is 21.8 Å². The highest BCUT2D eigenvalue weighted by atomic mass is 32.2. The Bertz CT molecular complexity index is 1060. The fourth-order valence-corrected chi connectivity index (χ4v) is 5.44. The molecule has 0 saturated heterocycles. The van der Waals surface area contributed by atoms with Gasteiger partial charge in [0.25, 0.3) is 0 Å². The lowest BCUT2D eigenvalue weighted by molar-refractivity contribution is -0.141. The van der Waals surface area contributed by atoms with Crippen LogP contribution in [0.5, 0.6) is 0 Å². The molecule has 1 fully saturated rings. The van der Waals surface area contributed by atoms with Crippen LogP contribution in [-0.4, -0.2) is 55.1 Å². The summed E-state index contributed by atoms with van der Waals surface area (Å²) in [5.41, 5.74) is 1.83. The molecular weight excluding hydrogens is 450 g/mol. The first-order valence-electron chi connectivity index (χ1n) is 11.9. The van der Waals surface area contributed by atoms with Crippen LogP contribution in [0.15, 0.2) is 59.5 Å². The van der Waals surface area contributed by atoms with Crippen molar-refractivity contribution >= 4 is 21.8 Å². The molecule has 34 heavy (non-hydrogen) atoms. The van der Waals surface area contributed by atoms with Crippen LogP contribution in [0.25, 0.3) is 0 Å². The smallest absolute Gasteiger partial charge is 0.243 e. The molecule has 2 aromatic rings. The summed E-state index contributed by atoms with van der Waals surface area (Å²) in [6.07, 6.45) is 4.52. The second-order valence-electron chi connectivity index (χ2n) is 9.00. The zero-order valence-corrected chi connectivity index (χ0v) is 21.1. The SMILES string of the molecule is CCC(C(=O)NC1CCCC1)N(Cc1ccccc1)C(=O)CN(C)S(=O)(=O)c1ccc(C)cc1. The minimum absolute atomic E-state index is 0.133. The molecule has 7 nitrogen and oxygen atoms in total. The van der Waals surface area contributed by atoms with Gasteiger partial charge in [-0.2, -0.15) is 4.31 Å². The van der Waals surface area contributed by atoms with Crippen molar-refractivity contribution < 1.29 is 18.0 Å². The van der Waals surface area contributed by atoms with E-state index in [4.69, 9.17) is 0 Å². The molecule has 1 saturated carbocycles. The topological polar surface area (TPSA) is 86.8 Å². The molecule has 1 N–H and O–H groups in total. The van der Waals surface area contributed by atoms with E-state index in [1.165, 1.54) is 24.1 Å². The summed E-state index contributed by atoms with van der Waals surface area (Å²) in [6, 6.07) is 15.4. The summed E-state index contributed by atoms with van der Waals surface area (Å²) < 4.78 is 27.1. The Kier molecular flexibility index (Phi) is 8.85. The maximum Gasteiger partial charge on any atom is 0.243 e. The predicted octanol–water partition coefficient (Wildman–Crippen LogP) is 3.48. The Hall–Kier alpha value is -2.71. The van der Waals surface area contributed by atoms with Gasteiger partial charge in [0.1, 0.15) is 6.04 Å². The third kappa shape index (κ3) is 6.45. The molecule has 3 rings (SSSR count). The van der Waals surface area contributed by atoms with Crippen molar-refractivity contribution in [1.29, 1.82) is 0 Å². The second kappa shape index (κ2) is 11.6. The van der Waals surface area contributed by atoms with Crippen molar-refractivity contribution in [3.8, 4) is 0 Å². The molecule has 2 aromatic carbocycles. The van der Waals surface area contributed by atoms with E-state index in [1.54, 1.807) is 12.1 Å². The summed E-state index contributed by atoms with van der Waals surface area (Å²) in [4.78, 5) is 28.3. The number of amides is 2. The van der Waals surface area contributed by atoms with E-state index in [-0.39, 0.29) is 29.9 Å². The summed E-state index contributed by atoms with van der Waals surface area (Å²) in [5, 5.41) is 3.10. The second-order valence-corrected chi connectivity index (χ2v) is 11.0. The minimum Gasteiger partial charge on any atom is -0.352 e. The van der Waals surface area contributed by atoms with Crippen molar-refractivity contribution in [2.24, 2.45) is 0 Å². The van der Waals surface area contributed by atoms with E-state index in [1.807, 2.05) is 44.2 Å². The quantitative estimate of drug-likeness (QED) is 0.558. The lowest BCUT2D eigenvalue weighted by atomic mass is 10.1. The zero-order valence-electron chi connectivity index (χ0n) is 20.2. The van der Waals surface area contributed by atoms with Crippen molar-refractivity contribution in [3.63, 3.8) is 0 Å². The standard InChI is InChI=1S/C26H35N3O4S/c1-4-24(26(31)27-22-12-8-9-13-22)29(18-21-10-6-5-7-11-21)25(30)19-28(3)34(32,33)23-16-14-20(2)15-17-23/h5-7,10-11,14-17,22,24H,4,8-9,12-13,18-19H2,1-3H3,(H,27,31). The minimum atomic E-state index is -3.84. The first kappa shape index (κ1) is 25.9. The Morgan fingerprint density at radius 3 is 2.24 bits per heavy atom. The highest BCUT2D eigenvalue weighted by Gasteiger charge is 2.33. The number of rotatable bonds is 10. The fraction of sp³-hybridized carbons (Fsp3) is 0.462. The number of hydrogen-bond donors (Lipinski definition) is 1. The van der Waals surface area contributed by atoms with Crippen LogP contribution in [-0.2, 0) is 26.2 Å². The molecule has 1 aliphatic carbocycles. The molecule has 0 bridgehead atoms. The molecule has 1 aliphatic rings. The van der Waals surface area contributed by atoms with Crippen molar-refractivity contribution in [2.45, 2.75) is 69.5 Å². The van der Waals surface area contributed by atoms with Crippen LogP contribution >= 0.6 is 0 Å². The van der Waals surface area contributed by atoms with Gasteiger partial charge in [0.05, 0.1) is 11.4 Å². The molecule has 1 unspecified atom stereocenters. The number of benzene rings is 2. The number of carbonyl (C=O) groups excluding carboxylic acids is 2. The number of likely N-dealkylation sites (N-methyl/N-ethyl adjacent to an activating group) is 1. The van der Waals surface area contributed by atoms with Gasteiger partial charge < -0.3 is 10.2 Å². The van der Waals surface area contributed by atoms with E-state index in [2.05, 4.69) is 5.32 Å². The fourth-order valence-electron chi connectivity index (χ4n) is 4.32. The number of nitrogens with one attached hydrogen (secondary N) is 1. The molecular formula is C26H35N3O4S. The van der Waals surface area contributed by atoms with Crippen LogP contribution in [0, 0.1) is 6.92 Å². The van der Waals surface area contributed by atoms with Gasteiger partial charge in [-0.15, -0.1) is 0 Å². The maximum absolute atomic E-state index is 13.5. The number of sulfonamides is 1. The first-order valence-corrected chi connectivity index (χ1v) is 13.3. The highest BCUT2D eigenvalue weighted by molar-refractivity contribution is 7.89. The lowest BCUT2D eigenvalue weighted by Gasteiger charge is -2.32. The van der Waals surface area contributed by atoms with Gasteiger partial charge in [0, 0.05) is 19.6 Å². The Morgan fingerprint density at radius 1 is 1.03 bits per heavy atom. The van der Waals surface area contributed by atoms with E-state index >= 15 is 0 Å². The molecule has 2 amide bonds. The predicted molar refractivity (Wildman–Crippen MR) is 132 cm³/mol. The monoisotopic (exact) mass is 485 g/mol.